The van der Waals surface area contributed by atoms with Gasteiger partial charge in [0.1, 0.15) is 0 Å². The van der Waals surface area contributed by atoms with Crippen LogP contribution >= 0.6 is 0 Å². The SMILES string of the molecule is CN(CCC(C)(C)N1CCNCC1)c1cccnc1. The molecule has 1 saturated heterocycles. The molecule has 2 heterocycles. The van der Waals surface area contributed by atoms with Crippen molar-refractivity contribution in [1.29, 1.82) is 0 Å². The van der Waals surface area contributed by atoms with Gasteiger partial charge >= 0.3 is 0 Å². The Morgan fingerprint density at radius 3 is 2.74 bits per heavy atom. The molecule has 106 valence electrons. The molecule has 1 aromatic heterocycles. The van der Waals surface area contributed by atoms with E-state index in [-0.39, 0.29) is 5.54 Å². The van der Waals surface area contributed by atoms with Gasteiger partial charge < -0.3 is 10.2 Å². The van der Waals surface area contributed by atoms with Crippen molar-refractivity contribution in [3.8, 4) is 0 Å². The van der Waals surface area contributed by atoms with Gasteiger partial charge in [0.05, 0.1) is 11.9 Å². The van der Waals surface area contributed by atoms with Gasteiger partial charge in [0.15, 0.2) is 0 Å². The molecule has 1 aliphatic rings. The molecule has 0 spiro atoms. The molecule has 0 saturated carbocycles. The zero-order valence-corrected chi connectivity index (χ0v) is 12.4. The fourth-order valence-corrected chi connectivity index (χ4v) is 2.58. The van der Waals surface area contributed by atoms with Crippen LogP contribution in [0.15, 0.2) is 24.5 Å². The van der Waals surface area contributed by atoms with Crippen LogP contribution in [0, 0.1) is 0 Å². The van der Waals surface area contributed by atoms with E-state index in [4.69, 9.17) is 0 Å². The van der Waals surface area contributed by atoms with Crippen LogP contribution in [-0.4, -0.2) is 55.2 Å². The molecule has 4 nitrogen and oxygen atoms in total. The maximum absolute atomic E-state index is 4.18. The second-order valence-electron chi connectivity index (χ2n) is 5.93. The molecule has 0 amide bonds. The quantitative estimate of drug-likeness (QED) is 0.873. The average Bonchev–Trinajstić information content (AvgIpc) is 2.47. The van der Waals surface area contributed by atoms with Gasteiger partial charge in [0.25, 0.3) is 0 Å². The molecule has 0 aromatic carbocycles. The molecule has 0 radical (unpaired) electrons. The summed E-state index contributed by atoms with van der Waals surface area (Å²) in [6, 6.07) is 4.11. The largest absolute Gasteiger partial charge is 0.373 e. The molecule has 0 bridgehead atoms. The standard InChI is InChI=1S/C15H26N4/c1-15(2,19-11-8-16-9-12-19)6-10-18(3)14-5-4-7-17-13-14/h4-5,7,13,16H,6,8-12H2,1-3H3. The lowest BCUT2D eigenvalue weighted by Crippen LogP contribution is -2.54. The Balaban J connectivity index is 1.86. The molecule has 1 N–H and O–H groups in total. The highest BCUT2D eigenvalue weighted by Gasteiger charge is 2.27. The number of piperazine rings is 1. The van der Waals surface area contributed by atoms with E-state index < -0.39 is 0 Å². The molecule has 1 aliphatic heterocycles. The molecule has 0 atom stereocenters. The van der Waals surface area contributed by atoms with E-state index in [1.54, 1.807) is 0 Å². The lowest BCUT2D eigenvalue weighted by Gasteiger charge is -2.42. The van der Waals surface area contributed by atoms with Gasteiger partial charge in [0, 0.05) is 51.5 Å². The van der Waals surface area contributed by atoms with Crippen molar-refractivity contribution < 1.29 is 0 Å². The molecular formula is C15H26N4. The number of hydrogen-bond acceptors (Lipinski definition) is 4. The summed E-state index contributed by atoms with van der Waals surface area (Å²) in [5.74, 6) is 0. The number of nitrogens with zero attached hydrogens (tertiary/aromatic N) is 3. The second-order valence-corrected chi connectivity index (χ2v) is 5.93. The van der Waals surface area contributed by atoms with Crippen molar-refractivity contribution in [2.24, 2.45) is 0 Å². The maximum Gasteiger partial charge on any atom is 0.0550 e. The minimum Gasteiger partial charge on any atom is -0.373 e. The fourth-order valence-electron chi connectivity index (χ4n) is 2.58. The van der Waals surface area contributed by atoms with Gasteiger partial charge in [-0.2, -0.15) is 0 Å². The predicted octanol–water partition coefficient (Wildman–Crippen LogP) is 1.59. The number of aromatic nitrogens is 1. The Hall–Kier alpha value is -1.13. The highest BCUT2D eigenvalue weighted by Crippen LogP contribution is 2.21. The van der Waals surface area contributed by atoms with Crippen LogP contribution in [0.2, 0.25) is 0 Å². The van der Waals surface area contributed by atoms with Crippen molar-refractivity contribution >= 4 is 5.69 Å². The summed E-state index contributed by atoms with van der Waals surface area (Å²) in [6.45, 7) is 10.3. The van der Waals surface area contributed by atoms with E-state index in [1.807, 2.05) is 18.5 Å². The predicted molar refractivity (Wildman–Crippen MR) is 80.6 cm³/mol. The summed E-state index contributed by atoms with van der Waals surface area (Å²) >= 11 is 0. The number of anilines is 1. The van der Waals surface area contributed by atoms with Gasteiger partial charge in [-0.1, -0.05) is 0 Å². The number of pyridine rings is 1. The Kier molecular flexibility index (Phi) is 4.77. The normalized spacial score (nSPS) is 17.4. The second kappa shape index (κ2) is 6.35. The van der Waals surface area contributed by atoms with E-state index >= 15 is 0 Å². The van der Waals surface area contributed by atoms with E-state index in [2.05, 4.69) is 47.1 Å². The van der Waals surface area contributed by atoms with Crippen LogP contribution in [0.3, 0.4) is 0 Å². The van der Waals surface area contributed by atoms with E-state index in [0.29, 0.717) is 0 Å². The Morgan fingerprint density at radius 1 is 1.37 bits per heavy atom. The zero-order chi connectivity index (χ0) is 13.7. The zero-order valence-electron chi connectivity index (χ0n) is 12.4. The van der Waals surface area contributed by atoms with Gasteiger partial charge in [-0.3, -0.25) is 9.88 Å². The summed E-state index contributed by atoms with van der Waals surface area (Å²) in [4.78, 5) is 9.07. The Bertz CT molecular complexity index is 371. The third kappa shape index (κ3) is 3.91. The van der Waals surface area contributed by atoms with Crippen molar-refractivity contribution in [2.45, 2.75) is 25.8 Å². The topological polar surface area (TPSA) is 31.4 Å². The van der Waals surface area contributed by atoms with Crippen LogP contribution < -0.4 is 10.2 Å². The smallest absolute Gasteiger partial charge is 0.0550 e. The Labute approximate surface area is 116 Å². The molecule has 2 rings (SSSR count). The third-order valence-corrected chi connectivity index (χ3v) is 4.12. The lowest BCUT2D eigenvalue weighted by atomic mass is 9.97. The summed E-state index contributed by atoms with van der Waals surface area (Å²) in [5.41, 5.74) is 1.46. The first-order valence-electron chi connectivity index (χ1n) is 7.16. The van der Waals surface area contributed by atoms with E-state index in [9.17, 15) is 0 Å². The fraction of sp³-hybridized carbons (Fsp3) is 0.667. The van der Waals surface area contributed by atoms with Crippen LogP contribution in [0.25, 0.3) is 0 Å². The molecule has 0 unspecified atom stereocenters. The summed E-state index contributed by atoms with van der Waals surface area (Å²) in [7, 11) is 2.14. The van der Waals surface area contributed by atoms with Gasteiger partial charge in [-0.25, -0.2) is 0 Å². The highest BCUT2D eigenvalue weighted by atomic mass is 15.2. The molecule has 4 heteroatoms. The first kappa shape index (κ1) is 14.3. The first-order valence-corrected chi connectivity index (χ1v) is 7.16. The summed E-state index contributed by atoms with van der Waals surface area (Å²) in [6.07, 6.45) is 4.91. The highest BCUT2D eigenvalue weighted by molar-refractivity contribution is 5.42. The van der Waals surface area contributed by atoms with Crippen molar-refractivity contribution in [3.05, 3.63) is 24.5 Å². The van der Waals surface area contributed by atoms with E-state index in [0.717, 1.165) is 32.7 Å². The number of rotatable bonds is 5. The molecule has 1 aromatic rings. The monoisotopic (exact) mass is 262 g/mol. The molecule has 19 heavy (non-hydrogen) atoms. The number of hydrogen-bond donors (Lipinski definition) is 1. The summed E-state index contributed by atoms with van der Waals surface area (Å²) < 4.78 is 0. The van der Waals surface area contributed by atoms with Crippen LogP contribution in [0.5, 0.6) is 0 Å². The molecule has 1 fully saturated rings. The molecule has 0 aliphatic carbocycles. The number of nitrogens with one attached hydrogen (secondary N) is 1. The minimum atomic E-state index is 0.262. The first-order chi connectivity index (χ1) is 9.09. The summed E-state index contributed by atoms with van der Waals surface area (Å²) in [5, 5.41) is 3.42. The van der Waals surface area contributed by atoms with Crippen molar-refractivity contribution in [2.75, 3.05) is 44.7 Å². The maximum atomic E-state index is 4.18. The Morgan fingerprint density at radius 2 is 2.11 bits per heavy atom. The van der Waals surface area contributed by atoms with Crippen LogP contribution in [0.1, 0.15) is 20.3 Å². The van der Waals surface area contributed by atoms with Gasteiger partial charge in [-0.05, 0) is 32.4 Å². The third-order valence-electron chi connectivity index (χ3n) is 4.12. The van der Waals surface area contributed by atoms with Crippen LogP contribution in [0.4, 0.5) is 5.69 Å². The van der Waals surface area contributed by atoms with Crippen molar-refractivity contribution in [1.82, 2.24) is 15.2 Å². The molecular weight excluding hydrogens is 236 g/mol. The lowest BCUT2D eigenvalue weighted by molar-refractivity contribution is 0.0975. The van der Waals surface area contributed by atoms with E-state index in [1.165, 1.54) is 12.1 Å². The average molecular weight is 262 g/mol. The van der Waals surface area contributed by atoms with Gasteiger partial charge in [-0.15, -0.1) is 0 Å². The van der Waals surface area contributed by atoms with Crippen LogP contribution in [-0.2, 0) is 0 Å². The minimum absolute atomic E-state index is 0.262. The van der Waals surface area contributed by atoms with Gasteiger partial charge in [0.2, 0.25) is 0 Å². The van der Waals surface area contributed by atoms with Crippen molar-refractivity contribution in [3.63, 3.8) is 0 Å².